The molecular weight excluding hydrogens is 1520 g/mol. The fourth-order valence-electron chi connectivity index (χ4n) is 22.6. The molecule has 0 heterocycles. The van der Waals surface area contributed by atoms with E-state index in [-0.39, 0.29) is 14.9 Å². The van der Waals surface area contributed by atoms with Crippen LogP contribution in [0, 0.1) is 50.4 Å². The van der Waals surface area contributed by atoms with Crippen LogP contribution in [0.2, 0.25) is 106 Å². The van der Waals surface area contributed by atoms with E-state index in [4.69, 9.17) is 34.7 Å². The van der Waals surface area contributed by atoms with Crippen molar-refractivity contribution in [2.45, 2.75) is 345 Å². The van der Waals surface area contributed by atoms with Crippen LogP contribution in [0.5, 0.6) is 11.5 Å². The maximum atomic E-state index is 7.58. The second-order valence-corrected chi connectivity index (χ2v) is 70.4. The van der Waals surface area contributed by atoms with Crippen LogP contribution in [0.1, 0.15) is 262 Å². The number of unbranched alkanes of at least 4 members (excludes halogenated alkanes) is 8. The van der Waals surface area contributed by atoms with Gasteiger partial charge >= 0.3 is 37.9 Å². The summed E-state index contributed by atoms with van der Waals surface area (Å²) in [5.74, 6) is 8.70. The molecule has 0 N–H and O–H groups in total. The molecule has 0 radical (unpaired) electrons. The second-order valence-electron chi connectivity index (χ2n) is 37.2. The van der Waals surface area contributed by atoms with Gasteiger partial charge in [0.1, 0.15) is 11.5 Å². The second kappa shape index (κ2) is 43.5. The van der Waals surface area contributed by atoms with E-state index in [9.17, 15) is 0 Å². The maximum absolute atomic E-state index is 7.58. The first-order chi connectivity index (χ1) is 49.6. The Morgan fingerprint density at radius 1 is 0.430 bits per heavy atom. The van der Waals surface area contributed by atoms with Gasteiger partial charge in [0.05, 0.1) is 27.7 Å². The van der Waals surface area contributed by atoms with Gasteiger partial charge in [0.25, 0.3) is 33.3 Å². The van der Waals surface area contributed by atoms with Gasteiger partial charge in [0.15, 0.2) is 0 Å². The predicted molar refractivity (Wildman–Crippen MR) is 491 cm³/mol. The van der Waals surface area contributed by atoms with Crippen molar-refractivity contribution in [3.63, 3.8) is 0 Å². The molecule has 0 bridgehead atoms. The fraction of sp³-hybridized carbons (Fsp3) is 0.638. The van der Waals surface area contributed by atoms with Crippen molar-refractivity contribution in [2.24, 2.45) is 35.5 Å². The Morgan fingerprint density at radius 3 is 0.963 bits per heavy atom. The molecule has 13 heteroatoms. The first-order valence-corrected chi connectivity index (χ1v) is 63.9. The zero-order chi connectivity index (χ0) is 78.2. The summed E-state index contributed by atoms with van der Waals surface area (Å²) in [5.41, 5.74) is 15.7. The Bertz CT molecular complexity index is 3090. The van der Waals surface area contributed by atoms with Crippen LogP contribution in [0.15, 0.2) is 146 Å². The van der Waals surface area contributed by atoms with Crippen LogP contribution in [0.25, 0.3) is 12.2 Å². The third-order valence-electron chi connectivity index (χ3n) is 27.8. The number of rotatable bonds is 40. The van der Waals surface area contributed by atoms with Gasteiger partial charge in [-0.25, -0.2) is 0 Å². The van der Waals surface area contributed by atoms with E-state index >= 15 is 0 Å². The van der Waals surface area contributed by atoms with E-state index in [0.29, 0.717) is 79.1 Å². The molecular formula is C94H158Cl2O4Si6Zr. The van der Waals surface area contributed by atoms with E-state index in [2.05, 4.69) is 300 Å². The fourth-order valence-corrected chi connectivity index (χ4v) is 51.8. The number of allylic oxidation sites excluding steroid dienone is 14. The molecule has 0 aliphatic heterocycles. The molecule has 4 nitrogen and oxygen atoms in total. The molecule has 6 aliphatic rings. The van der Waals surface area contributed by atoms with E-state index in [1.54, 1.807) is 0 Å². The molecule has 0 aromatic heterocycles. The summed E-state index contributed by atoms with van der Waals surface area (Å²) in [5, 5.41) is 0. The van der Waals surface area contributed by atoms with Crippen LogP contribution in [0.4, 0.5) is 0 Å². The average molecular weight is 1680 g/mol. The molecule has 10 atom stereocenters. The van der Waals surface area contributed by atoms with Gasteiger partial charge in [-0.3, -0.25) is 0 Å². The number of benzene rings is 2. The third kappa shape index (κ3) is 21.9. The monoisotopic (exact) mass is 1680 g/mol. The zero-order valence-electron chi connectivity index (χ0n) is 73.2. The van der Waals surface area contributed by atoms with E-state index < -0.39 is 70.3 Å². The Balaban J connectivity index is 0.000000429. The molecule has 2 aromatic rings. The number of halogens is 2. The molecule has 2 saturated carbocycles. The Morgan fingerprint density at radius 2 is 0.701 bits per heavy atom. The third-order valence-corrected chi connectivity index (χ3v) is 60.2. The minimum atomic E-state index is -2.09. The SMILES string of the molecule is C=CCCCC[Si](OC1=CC=CC2C1CC(C)C2[Si](C)(C)C1C(C)CC2C(O[Si](CCCCC=C)(C(C)C)C(C)C)=CC=CC21)(C(C)C)C(C)C.C=CCCCC[Si](Oc1cccc2c1C=C(C)C2[Si](C)(C)C1C(C)=Cc2c(O[Si](CCCCC=C)(C(C)C)C(C)C)cccc21)(C(C)C)C(C)C.[CH3-].[CH3-].[Cl][Zr+2][Cl]. The summed E-state index contributed by atoms with van der Waals surface area (Å²) in [6.45, 7) is 75.6. The van der Waals surface area contributed by atoms with Gasteiger partial charge in [-0.2, -0.15) is 0 Å². The molecule has 0 amide bonds. The van der Waals surface area contributed by atoms with Crippen LogP contribution >= 0.6 is 17.0 Å². The zero-order valence-corrected chi connectivity index (χ0v) is 83.2. The Labute approximate surface area is 686 Å². The standard InChI is InChI=1S/C46H80O2Si3.C46H72O2Si3.2CH3.2ClH.Zr/c2*1-15-17-19-21-29-50(33(3)4,34(5)6)47-43-27-23-25-39-41(43)31-37(11)45(39)49(13,14)46-38(12)32-42-40(46)26-24-28-44(42)48-51(35(7)8,36(9)10)30-22-20-18-16-2;;;;;/h15-16,23-28,33-42,45-46H,1-2,17-22,29-32H2,3-14H3;15-16,23-28,31-36,45-46H,1-2,17-22,29-30H2,3-14H3;2*1H3;2*1H;/q;;2*-1;;;+4/p-2. The van der Waals surface area contributed by atoms with Crippen LogP contribution in [-0.4, -0.2) is 49.4 Å². The Hall–Kier alpha value is -2.20. The molecule has 107 heavy (non-hydrogen) atoms. The molecule has 2 fully saturated rings. The van der Waals surface area contributed by atoms with Crippen molar-refractivity contribution >= 4 is 78.6 Å². The molecule has 0 spiro atoms. The summed E-state index contributed by atoms with van der Waals surface area (Å²) in [6.07, 6.45) is 44.9. The van der Waals surface area contributed by atoms with Crippen molar-refractivity contribution < 1.29 is 38.6 Å². The summed E-state index contributed by atoms with van der Waals surface area (Å²) in [6, 6.07) is 18.9. The van der Waals surface area contributed by atoms with Gasteiger partial charge in [-0.05, 0) is 217 Å². The van der Waals surface area contributed by atoms with Crippen molar-refractivity contribution in [1.82, 2.24) is 0 Å². The first kappa shape index (κ1) is 97.2. The number of fused-ring (bicyclic) bond motifs is 4. The van der Waals surface area contributed by atoms with Crippen molar-refractivity contribution in [3.05, 3.63) is 183 Å². The van der Waals surface area contributed by atoms with Crippen molar-refractivity contribution in [1.29, 1.82) is 0 Å². The van der Waals surface area contributed by atoms with Gasteiger partial charge in [-0.1, -0.05) is 273 Å². The van der Waals surface area contributed by atoms with Crippen molar-refractivity contribution in [3.8, 4) is 11.5 Å². The van der Waals surface area contributed by atoms with Gasteiger partial charge in [-0.15, -0.1) is 26.3 Å². The molecule has 8 rings (SSSR count). The van der Waals surface area contributed by atoms with E-state index in [0.717, 1.165) is 60.1 Å². The Kier molecular flexibility index (Phi) is 39.5. The quantitative estimate of drug-likeness (QED) is 0.0288. The topological polar surface area (TPSA) is 36.9 Å². The average Bonchev–Trinajstić information content (AvgIpc) is 1.59. The number of hydrogen-bond donors (Lipinski definition) is 0. The summed E-state index contributed by atoms with van der Waals surface area (Å²) in [7, 11) is -2.12. The molecule has 6 aliphatic carbocycles. The number of hydrogen-bond acceptors (Lipinski definition) is 4. The predicted octanol–water partition coefficient (Wildman–Crippen LogP) is 32.6. The molecule has 600 valence electrons. The molecule has 10 unspecified atom stereocenters. The van der Waals surface area contributed by atoms with E-state index in [1.165, 1.54) is 133 Å². The summed E-state index contributed by atoms with van der Waals surface area (Å²) >= 11 is -0.826. The van der Waals surface area contributed by atoms with Crippen LogP contribution < -0.4 is 8.85 Å². The van der Waals surface area contributed by atoms with Crippen LogP contribution in [0.3, 0.4) is 0 Å². The van der Waals surface area contributed by atoms with E-state index in [1.807, 2.05) is 0 Å². The van der Waals surface area contributed by atoms with Gasteiger partial charge in [0.2, 0.25) is 0 Å². The normalized spacial score (nSPS) is 22.5. The van der Waals surface area contributed by atoms with Gasteiger partial charge in [0, 0.05) is 34.0 Å². The summed E-state index contributed by atoms with van der Waals surface area (Å²) < 4.78 is 30.1. The molecule has 0 saturated heterocycles. The molecule has 2 aromatic carbocycles. The minimum absolute atomic E-state index is 0. The van der Waals surface area contributed by atoms with Gasteiger partial charge < -0.3 is 32.6 Å². The van der Waals surface area contributed by atoms with Crippen LogP contribution in [-0.2, 0) is 29.7 Å². The van der Waals surface area contributed by atoms with Crippen molar-refractivity contribution in [2.75, 3.05) is 0 Å². The first-order valence-electron chi connectivity index (χ1n) is 42.1. The summed E-state index contributed by atoms with van der Waals surface area (Å²) in [4.78, 5) is 0.